The molecular weight excluding hydrogens is 490 g/mol. The van der Waals surface area contributed by atoms with E-state index in [1.807, 2.05) is 18.2 Å². The summed E-state index contributed by atoms with van der Waals surface area (Å²) in [4.78, 5) is 26.0. The van der Waals surface area contributed by atoms with Crippen molar-refractivity contribution in [2.24, 2.45) is 0 Å². The number of hydrogen-bond acceptors (Lipinski definition) is 7. The minimum absolute atomic E-state index is 0.113. The van der Waals surface area contributed by atoms with Crippen molar-refractivity contribution < 1.29 is 14.3 Å². The third kappa shape index (κ3) is 5.87. The average molecular weight is 520 g/mol. The minimum atomic E-state index is -0.278. The number of aromatic nitrogens is 2. The number of anilines is 2. The molecule has 0 radical (unpaired) electrons. The molecule has 2 heterocycles. The highest BCUT2D eigenvalue weighted by atomic mass is 35.5. The fraction of sp³-hybridized carbons (Fsp3) is 0.321. The van der Waals surface area contributed by atoms with Crippen molar-refractivity contribution in [1.82, 2.24) is 14.9 Å². The Hall–Kier alpha value is -3.62. The molecule has 1 aromatic heterocycles. The molecule has 0 saturated carbocycles. The van der Waals surface area contributed by atoms with E-state index in [-0.39, 0.29) is 11.8 Å². The van der Waals surface area contributed by atoms with E-state index in [1.54, 1.807) is 19.2 Å². The molecule has 0 atom stereocenters. The zero-order valence-electron chi connectivity index (χ0n) is 21.0. The predicted molar refractivity (Wildman–Crippen MR) is 146 cm³/mol. The molecule has 1 N–H and O–H groups in total. The van der Waals surface area contributed by atoms with E-state index >= 15 is 0 Å². The van der Waals surface area contributed by atoms with Crippen LogP contribution in [0.2, 0.25) is 0 Å². The molecule has 2 aromatic carbocycles. The molecule has 0 spiro atoms. The van der Waals surface area contributed by atoms with Crippen molar-refractivity contribution in [2.45, 2.75) is 12.8 Å². The number of methoxy groups -OCH3 is 1. The van der Waals surface area contributed by atoms with Crippen LogP contribution in [0.3, 0.4) is 0 Å². The minimum Gasteiger partial charge on any atom is -0.496 e. The zero-order chi connectivity index (χ0) is 25.8. The van der Waals surface area contributed by atoms with Crippen molar-refractivity contribution in [2.75, 3.05) is 56.4 Å². The Morgan fingerprint density at radius 1 is 1.11 bits per heavy atom. The van der Waals surface area contributed by atoms with Crippen molar-refractivity contribution >= 4 is 35.0 Å². The van der Waals surface area contributed by atoms with Crippen LogP contribution in [-0.2, 0) is 17.6 Å². The summed E-state index contributed by atoms with van der Waals surface area (Å²) in [5, 5.41) is 2.74. The van der Waals surface area contributed by atoms with Crippen molar-refractivity contribution in [3.05, 3.63) is 71.2 Å². The number of ether oxygens (including phenoxy) is 2. The van der Waals surface area contributed by atoms with Gasteiger partial charge in [0.05, 0.1) is 18.4 Å². The summed E-state index contributed by atoms with van der Waals surface area (Å²) in [5.41, 5.74) is 4.59. The van der Waals surface area contributed by atoms with Gasteiger partial charge in [-0.3, -0.25) is 4.79 Å². The molecule has 5 rings (SSSR count). The first-order valence-corrected chi connectivity index (χ1v) is 12.9. The molecule has 1 saturated heterocycles. The largest absolute Gasteiger partial charge is 0.496 e. The highest BCUT2D eigenvalue weighted by Gasteiger charge is 2.20. The van der Waals surface area contributed by atoms with Gasteiger partial charge in [-0.25, -0.2) is 4.98 Å². The zero-order valence-corrected chi connectivity index (χ0v) is 21.8. The van der Waals surface area contributed by atoms with Gasteiger partial charge in [0.25, 0.3) is 0 Å². The summed E-state index contributed by atoms with van der Waals surface area (Å²) >= 11 is 5.61. The SMILES string of the molecule is COc1cc(N2CCN(C)CC2)ccc1Cc1nc2c(c(Oc3cccc(NC(=O)CCl)c3)n1)C=CC2. The summed E-state index contributed by atoms with van der Waals surface area (Å²) in [5.74, 6) is 2.15. The summed E-state index contributed by atoms with van der Waals surface area (Å²) in [7, 11) is 3.85. The van der Waals surface area contributed by atoms with Crippen LogP contribution < -0.4 is 19.7 Å². The van der Waals surface area contributed by atoms with E-state index in [4.69, 9.17) is 31.0 Å². The Morgan fingerprint density at radius 3 is 2.73 bits per heavy atom. The molecular formula is C28H30ClN5O3. The number of piperazine rings is 1. The second-order valence-corrected chi connectivity index (χ2v) is 9.45. The average Bonchev–Trinajstić information content (AvgIpc) is 3.39. The van der Waals surface area contributed by atoms with Crippen LogP contribution in [0.25, 0.3) is 6.08 Å². The number of carbonyl (C=O) groups is 1. The van der Waals surface area contributed by atoms with E-state index in [0.717, 1.165) is 60.9 Å². The lowest BCUT2D eigenvalue weighted by atomic mass is 10.1. The fourth-order valence-corrected chi connectivity index (χ4v) is 4.63. The molecule has 192 valence electrons. The first-order valence-electron chi connectivity index (χ1n) is 12.3. The van der Waals surface area contributed by atoms with Crippen LogP contribution in [0.15, 0.2) is 48.5 Å². The lowest BCUT2D eigenvalue weighted by molar-refractivity contribution is -0.113. The van der Waals surface area contributed by atoms with Crippen LogP contribution >= 0.6 is 11.6 Å². The molecule has 3 aromatic rings. The van der Waals surface area contributed by atoms with Crippen molar-refractivity contribution in [1.29, 1.82) is 0 Å². The van der Waals surface area contributed by atoms with Gasteiger partial charge >= 0.3 is 0 Å². The smallest absolute Gasteiger partial charge is 0.239 e. The first kappa shape index (κ1) is 25.0. The van der Waals surface area contributed by atoms with Crippen LogP contribution in [0, 0.1) is 0 Å². The first-order chi connectivity index (χ1) is 18.0. The maximum absolute atomic E-state index is 11.7. The Labute approximate surface area is 221 Å². The number of halogens is 1. The third-order valence-electron chi connectivity index (χ3n) is 6.57. The Kier molecular flexibility index (Phi) is 7.58. The van der Waals surface area contributed by atoms with Gasteiger partial charge in [-0.15, -0.1) is 11.6 Å². The van der Waals surface area contributed by atoms with E-state index in [2.05, 4.69) is 46.4 Å². The second-order valence-electron chi connectivity index (χ2n) is 9.19. The standard InChI is InChI=1S/C28H30ClN5O3/c1-33-11-13-34(14-12-33)21-10-9-19(25(17-21)36-2)15-26-31-24-8-4-7-23(24)28(32-26)37-22-6-3-5-20(16-22)30-27(35)18-29/h3-7,9-10,16-17H,8,11-15,18H2,1-2H3,(H,30,35). The number of nitrogens with one attached hydrogen (secondary N) is 1. The van der Waals surface area contributed by atoms with Crippen LogP contribution in [0.5, 0.6) is 17.4 Å². The lowest BCUT2D eigenvalue weighted by Gasteiger charge is -2.34. The Morgan fingerprint density at radius 2 is 1.95 bits per heavy atom. The molecule has 8 nitrogen and oxygen atoms in total. The maximum atomic E-state index is 11.7. The number of carbonyl (C=O) groups excluding carboxylic acids is 1. The van der Waals surface area contributed by atoms with E-state index in [1.165, 1.54) is 0 Å². The number of rotatable bonds is 8. The van der Waals surface area contributed by atoms with Gasteiger partial charge in [-0.05, 0) is 25.2 Å². The molecule has 1 aliphatic heterocycles. The molecule has 1 amide bonds. The highest BCUT2D eigenvalue weighted by molar-refractivity contribution is 6.29. The van der Waals surface area contributed by atoms with Crippen molar-refractivity contribution in [3.8, 4) is 17.4 Å². The molecule has 0 unspecified atom stereocenters. The van der Waals surface area contributed by atoms with Gasteiger partial charge in [0.15, 0.2) is 0 Å². The molecule has 0 bridgehead atoms. The summed E-state index contributed by atoms with van der Waals surface area (Å²) in [6.45, 7) is 4.09. The third-order valence-corrected chi connectivity index (χ3v) is 6.82. The van der Waals surface area contributed by atoms with E-state index in [0.29, 0.717) is 29.6 Å². The number of allylic oxidation sites excluding steroid dienone is 1. The Balaban J connectivity index is 1.38. The number of likely N-dealkylation sites (N-methyl/N-ethyl adjacent to an activating group) is 1. The topological polar surface area (TPSA) is 79.8 Å². The maximum Gasteiger partial charge on any atom is 0.239 e. The molecule has 9 heteroatoms. The van der Waals surface area contributed by atoms with Crippen LogP contribution in [0.1, 0.15) is 22.6 Å². The highest BCUT2D eigenvalue weighted by Crippen LogP contribution is 2.33. The van der Waals surface area contributed by atoms with Gasteiger partial charge in [0.2, 0.25) is 11.8 Å². The number of nitrogens with zero attached hydrogens (tertiary/aromatic N) is 4. The van der Waals surface area contributed by atoms with Gasteiger partial charge in [-0.1, -0.05) is 24.3 Å². The summed E-state index contributed by atoms with van der Waals surface area (Å²) in [6, 6.07) is 13.5. The number of fused-ring (bicyclic) bond motifs is 1. The van der Waals surface area contributed by atoms with E-state index in [9.17, 15) is 4.79 Å². The number of amides is 1. The molecule has 1 aliphatic carbocycles. The number of hydrogen-bond donors (Lipinski definition) is 1. The molecule has 1 fully saturated rings. The molecule has 2 aliphatic rings. The van der Waals surface area contributed by atoms with E-state index < -0.39 is 0 Å². The van der Waals surface area contributed by atoms with Crippen LogP contribution in [-0.4, -0.2) is 67.0 Å². The fourth-order valence-electron chi connectivity index (χ4n) is 4.56. The van der Waals surface area contributed by atoms with Crippen LogP contribution in [0.4, 0.5) is 11.4 Å². The number of alkyl halides is 1. The molecule has 37 heavy (non-hydrogen) atoms. The lowest BCUT2D eigenvalue weighted by Crippen LogP contribution is -2.44. The normalized spacial score (nSPS) is 14.9. The number of benzene rings is 2. The van der Waals surface area contributed by atoms with Crippen molar-refractivity contribution in [3.63, 3.8) is 0 Å². The second kappa shape index (κ2) is 11.2. The summed E-state index contributed by atoms with van der Waals surface area (Å²) < 4.78 is 12.0. The quantitative estimate of drug-likeness (QED) is 0.443. The monoisotopic (exact) mass is 519 g/mol. The van der Waals surface area contributed by atoms with Gasteiger partial charge in [0.1, 0.15) is 23.2 Å². The van der Waals surface area contributed by atoms with Gasteiger partial charge < -0.3 is 24.6 Å². The summed E-state index contributed by atoms with van der Waals surface area (Å²) in [6.07, 6.45) is 5.28. The van der Waals surface area contributed by atoms with Gasteiger partial charge in [0, 0.05) is 68.1 Å². The Bertz CT molecular complexity index is 1320. The predicted octanol–water partition coefficient (Wildman–Crippen LogP) is 4.37. The van der Waals surface area contributed by atoms with Gasteiger partial charge in [-0.2, -0.15) is 4.98 Å².